The molecule has 0 bridgehead atoms. The van der Waals surface area contributed by atoms with Crippen molar-refractivity contribution in [2.24, 2.45) is 0 Å². The number of rotatable bonds is 14. The monoisotopic (exact) mass is 552 g/mol. The number of benzene rings is 1. The van der Waals surface area contributed by atoms with Crippen LogP contribution in [0.3, 0.4) is 0 Å². The van der Waals surface area contributed by atoms with E-state index < -0.39 is 26.7 Å². The molecule has 0 saturated carbocycles. The van der Waals surface area contributed by atoms with Crippen LogP contribution in [0, 0.1) is 0 Å². The molecule has 1 aromatic rings. The minimum absolute atomic E-state index is 0.244. The normalized spacial score (nSPS) is 14.7. The summed E-state index contributed by atoms with van der Waals surface area (Å²) in [6.07, 6.45) is 11.0. The molecular weight excluding hydrogens is 499 g/mol. The Morgan fingerprint density at radius 1 is 0.903 bits per heavy atom. The molecule has 1 unspecified atom stereocenters. The van der Waals surface area contributed by atoms with Gasteiger partial charge in [-0.05, 0) is 0 Å². The Labute approximate surface area is 200 Å². The standard InChI is InChI=1S/C16H25OSi.3C4H9.Sn/c1-14(17-18(5,6)16(2,3)4)12-13-15-10-8-7-9-11-15;3*1-3-4-2;/h7-11,13-14H,1-6H3;3*1,3-4H2,2H3;. The quantitative estimate of drug-likeness (QED) is 0.209. The molecule has 0 heterocycles. The zero-order valence-electron chi connectivity index (χ0n) is 22.3. The van der Waals surface area contributed by atoms with Crippen molar-refractivity contribution < 1.29 is 4.43 Å². The third-order valence-corrected chi connectivity index (χ3v) is 28.3. The van der Waals surface area contributed by atoms with Gasteiger partial charge >= 0.3 is 201 Å². The molecule has 1 atom stereocenters. The van der Waals surface area contributed by atoms with Crippen LogP contribution in [0.1, 0.15) is 92.6 Å². The van der Waals surface area contributed by atoms with Gasteiger partial charge in [-0.3, -0.25) is 0 Å². The van der Waals surface area contributed by atoms with E-state index in [1.807, 2.05) is 0 Å². The van der Waals surface area contributed by atoms with Crippen molar-refractivity contribution in [1.82, 2.24) is 0 Å². The van der Waals surface area contributed by atoms with Crippen molar-refractivity contribution in [2.75, 3.05) is 0 Å². The van der Waals surface area contributed by atoms with E-state index in [4.69, 9.17) is 4.43 Å². The Hall–Kier alpha value is -0.0644. The van der Waals surface area contributed by atoms with Crippen LogP contribution in [0.15, 0.2) is 33.9 Å². The van der Waals surface area contributed by atoms with E-state index in [2.05, 4.69) is 98.0 Å². The van der Waals surface area contributed by atoms with Crippen LogP contribution in [-0.2, 0) is 4.43 Å². The summed E-state index contributed by atoms with van der Waals surface area (Å²) in [4.78, 5) is 0. The third-order valence-electron chi connectivity index (χ3n) is 7.48. The first-order valence-corrected chi connectivity index (χ1v) is 23.4. The van der Waals surface area contributed by atoms with Crippen LogP contribution >= 0.6 is 0 Å². The van der Waals surface area contributed by atoms with Crippen LogP contribution in [0.4, 0.5) is 0 Å². The van der Waals surface area contributed by atoms with Gasteiger partial charge in [-0.1, -0.05) is 0 Å². The van der Waals surface area contributed by atoms with Gasteiger partial charge in [-0.25, -0.2) is 0 Å². The molecule has 0 N–H and O–H groups in total. The van der Waals surface area contributed by atoms with Crippen molar-refractivity contribution in [1.29, 1.82) is 0 Å². The molecule has 0 spiro atoms. The molecule has 0 amide bonds. The van der Waals surface area contributed by atoms with E-state index >= 15 is 0 Å². The van der Waals surface area contributed by atoms with Crippen LogP contribution in [0.2, 0.25) is 31.4 Å². The van der Waals surface area contributed by atoms with E-state index in [0.717, 1.165) is 0 Å². The van der Waals surface area contributed by atoms with Gasteiger partial charge < -0.3 is 0 Å². The molecule has 31 heavy (non-hydrogen) atoms. The van der Waals surface area contributed by atoms with E-state index in [1.165, 1.54) is 57.4 Å². The van der Waals surface area contributed by atoms with Crippen molar-refractivity contribution in [2.45, 2.75) is 125 Å². The zero-order chi connectivity index (χ0) is 23.5. The van der Waals surface area contributed by atoms with Gasteiger partial charge in [0, 0.05) is 0 Å². The second kappa shape index (κ2) is 13.6. The summed E-state index contributed by atoms with van der Waals surface area (Å²) in [6, 6.07) is 11.1. The third kappa shape index (κ3) is 9.00. The minimum atomic E-state index is -2.60. The molecule has 3 heteroatoms. The molecule has 0 aliphatic carbocycles. The molecule has 178 valence electrons. The number of hydrogen-bond acceptors (Lipinski definition) is 1. The average molecular weight is 552 g/mol. The first-order chi connectivity index (χ1) is 14.5. The maximum absolute atomic E-state index is 7.11. The summed E-state index contributed by atoms with van der Waals surface area (Å²) in [6.45, 7) is 21.4. The molecule has 0 saturated heterocycles. The summed E-state index contributed by atoms with van der Waals surface area (Å²) in [5, 5.41) is 0.244. The summed E-state index contributed by atoms with van der Waals surface area (Å²) in [7, 11) is -1.83. The molecule has 0 fully saturated rings. The van der Waals surface area contributed by atoms with Crippen molar-refractivity contribution in [3.05, 3.63) is 39.5 Å². The summed E-state index contributed by atoms with van der Waals surface area (Å²) < 4.78 is 13.4. The fourth-order valence-electron chi connectivity index (χ4n) is 4.47. The average Bonchev–Trinajstić information content (AvgIpc) is 2.71. The summed E-state index contributed by atoms with van der Waals surface area (Å²) in [5.41, 5.74) is 1.37. The van der Waals surface area contributed by atoms with E-state index in [9.17, 15) is 0 Å². The Morgan fingerprint density at radius 2 is 1.35 bits per heavy atom. The van der Waals surface area contributed by atoms with Gasteiger partial charge in [0.1, 0.15) is 0 Å². The van der Waals surface area contributed by atoms with Crippen molar-refractivity contribution in [3.8, 4) is 0 Å². The fraction of sp³-hybridized carbons (Fsp3) is 0.714. The van der Waals surface area contributed by atoms with Gasteiger partial charge in [-0.2, -0.15) is 0 Å². The molecule has 1 aromatic carbocycles. The maximum atomic E-state index is 7.11. The zero-order valence-corrected chi connectivity index (χ0v) is 26.2. The van der Waals surface area contributed by atoms with Gasteiger partial charge in [0.05, 0.1) is 0 Å². The predicted molar refractivity (Wildman–Crippen MR) is 147 cm³/mol. The number of unbranched alkanes of at least 4 members (excludes halogenated alkanes) is 3. The van der Waals surface area contributed by atoms with Crippen LogP contribution < -0.4 is 0 Å². The molecule has 1 rings (SSSR count). The van der Waals surface area contributed by atoms with Crippen LogP contribution in [0.5, 0.6) is 0 Å². The Bertz CT molecular complexity index is 623. The van der Waals surface area contributed by atoms with Gasteiger partial charge in [0.15, 0.2) is 0 Å². The van der Waals surface area contributed by atoms with Crippen molar-refractivity contribution in [3.63, 3.8) is 0 Å². The van der Waals surface area contributed by atoms with Crippen molar-refractivity contribution >= 4 is 32.8 Å². The van der Waals surface area contributed by atoms with E-state index in [-0.39, 0.29) is 11.1 Å². The molecular formula is C28H52OSiSn. The summed E-state index contributed by atoms with van der Waals surface area (Å²) >= 11 is -2.60. The number of hydrogen-bond donors (Lipinski definition) is 0. The van der Waals surface area contributed by atoms with Crippen LogP contribution in [0.25, 0.3) is 6.08 Å². The SMILES string of the molecule is CCC[CH2][Sn]([CH2]CCC)([CH2]CCC)/[C](=C\c1ccccc1)C(C)O[Si](C)(C)C(C)(C)C. The van der Waals surface area contributed by atoms with Gasteiger partial charge in [-0.15, -0.1) is 0 Å². The van der Waals surface area contributed by atoms with Gasteiger partial charge in [0.2, 0.25) is 0 Å². The summed E-state index contributed by atoms with van der Waals surface area (Å²) in [5.74, 6) is 0. The van der Waals surface area contributed by atoms with E-state index in [0.29, 0.717) is 0 Å². The fourth-order valence-corrected chi connectivity index (χ4v) is 23.6. The predicted octanol–water partition coefficient (Wildman–Crippen LogP) is 9.87. The Kier molecular flexibility index (Phi) is 12.7. The Morgan fingerprint density at radius 3 is 1.74 bits per heavy atom. The second-order valence-corrected chi connectivity index (χ2v) is 29.1. The molecule has 0 aliphatic heterocycles. The first-order valence-electron chi connectivity index (χ1n) is 13.0. The van der Waals surface area contributed by atoms with Gasteiger partial charge in [0.25, 0.3) is 0 Å². The molecule has 0 aromatic heterocycles. The molecule has 0 aliphatic rings. The Balaban J connectivity index is 3.54. The van der Waals surface area contributed by atoms with Crippen LogP contribution in [-0.4, -0.2) is 32.8 Å². The first kappa shape index (κ1) is 29.0. The molecule has 1 nitrogen and oxygen atoms in total. The topological polar surface area (TPSA) is 9.23 Å². The second-order valence-electron chi connectivity index (χ2n) is 11.1. The van der Waals surface area contributed by atoms with E-state index in [1.54, 1.807) is 3.59 Å². The molecule has 0 radical (unpaired) electrons.